The summed E-state index contributed by atoms with van der Waals surface area (Å²) < 4.78 is 36.5. The summed E-state index contributed by atoms with van der Waals surface area (Å²) in [5, 5.41) is 0.554. The van der Waals surface area contributed by atoms with Gasteiger partial charge in [0.25, 0.3) is 0 Å². The van der Waals surface area contributed by atoms with Crippen molar-refractivity contribution in [3.8, 4) is 5.75 Å². The molecule has 0 atom stereocenters. The Morgan fingerprint density at radius 3 is 2.73 bits per heavy atom. The molecule has 1 fully saturated rings. The highest BCUT2D eigenvalue weighted by Gasteiger charge is 2.25. The summed E-state index contributed by atoms with van der Waals surface area (Å²) >= 11 is 1.40. The van der Waals surface area contributed by atoms with Crippen LogP contribution in [0.2, 0.25) is 0 Å². The molecule has 1 saturated heterocycles. The Morgan fingerprint density at radius 1 is 1.33 bits per heavy atom. The zero-order valence-corrected chi connectivity index (χ0v) is 19.2. The van der Waals surface area contributed by atoms with E-state index < -0.39 is 10.0 Å². The van der Waals surface area contributed by atoms with Crippen molar-refractivity contribution >= 4 is 42.6 Å². The number of rotatable bonds is 9. The number of carbonyl (C=O) groups excluding carboxylic acids is 1. The maximum Gasteiger partial charge on any atom is 0.244 e. The average Bonchev–Trinajstić information content (AvgIpc) is 3.11. The number of fused-ring (bicyclic) bond motifs is 1. The van der Waals surface area contributed by atoms with Gasteiger partial charge in [-0.3, -0.25) is 14.6 Å². The number of ether oxygens (including phenoxy) is 2. The van der Waals surface area contributed by atoms with Crippen LogP contribution >= 0.6 is 11.3 Å². The number of thiazole rings is 1. The van der Waals surface area contributed by atoms with Gasteiger partial charge < -0.3 is 9.47 Å². The fraction of sp³-hybridized carbons (Fsp3) is 0.579. The first-order valence-corrected chi connectivity index (χ1v) is 12.5. The lowest BCUT2D eigenvalue weighted by Crippen LogP contribution is -2.46. The molecule has 2 aromatic rings. The van der Waals surface area contributed by atoms with E-state index in [4.69, 9.17) is 9.47 Å². The first-order chi connectivity index (χ1) is 14.3. The number of sulfonamides is 1. The SMILES string of the molecule is CCOc1ccc2nc(N(CCN3CCOCC3)C(=O)CN(C)S(C)(=O)=O)sc2c1. The molecule has 0 unspecified atom stereocenters. The van der Waals surface area contributed by atoms with Gasteiger partial charge in [-0.05, 0) is 25.1 Å². The zero-order chi connectivity index (χ0) is 21.7. The number of carbonyl (C=O) groups is 1. The van der Waals surface area contributed by atoms with Crippen molar-refractivity contribution < 1.29 is 22.7 Å². The number of likely N-dealkylation sites (N-methyl/N-ethyl adjacent to an activating group) is 1. The van der Waals surface area contributed by atoms with Gasteiger partial charge in [-0.25, -0.2) is 13.4 Å². The van der Waals surface area contributed by atoms with E-state index in [0.29, 0.717) is 38.0 Å². The van der Waals surface area contributed by atoms with Crippen molar-refractivity contribution in [2.45, 2.75) is 6.92 Å². The van der Waals surface area contributed by atoms with Crippen molar-refractivity contribution in [1.29, 1.82) is 0 Å². The van der Waals surface area contributed by atoms with E-state index in [2.05, 4.69) is 9.88 Å². The molecule has 0 radical (unpaired) electrons. The highest BCUT2D eigenvalue weighted by Crippen LogP contribution is 2.31. The number of hydrogen-bond donors (Lipinski definition) is 0. The maximum atomic E-state index is 13.0. The number of benzene rings is 1. The van der Waals surface area contributed by atoms with Crippen LogP contribution in [0.4, 0.5) is 5.13 Å². The number of amides is 1. The molecule has 0 N–H and O–H groups in total. The van der Waals surface area contributed by atoms with Crippen molar-refractivity contribution in [2.24, 2.45) is 0 Å². The van der Waals surface area contributed by atoms with Crippen LogP contribution in [-0.4, -0.2) is 94.4 Å². The van der Waals surface area contributed by atoms with Gasteiger partial charge in [0.05, 0.1) is 42.8 Å². The number of anilines is 1. The lowest BCUT2D eigenvalue weighted by molar-refractivity contribution is -0.118. The maximum absolute atomic E-state index is 13.0. The van der Waals surface area contributed by atoms with E-state index in [1.54, 1.807) is 4.90 Å². The molecule has 1 aliphatic heterocycles. The van der Waals surface area contributed by atoms with Gasteiger partial charge in [-0.1, -0.05) is 11.3 Å². The third kappa shape index (κ3) is 5.88. The lowest BCUT2D eigenvalue weighted by atomic mass is 10.3. The molecule has 1 aromatic carbocycles. The van der Waals surface area contributed by atoms with E-state index in [1.807, 2.05) is 25.1 Å². The fourth-order valence-corrected chi connectivity index (χ4v) is 4.43. The van der Waals surface area contributed by atoms with Gasteiger partial charge in [0.2, 0.25) is 15.9 Å². The van der Waals surface area contributed by atoms with Gasteiger partial charge in [-0.2, -0.15) is 4.31 Å². The van der Waals surface area contributed by atoms with Crippen LogP contribution in [0.15, 0.2) is 18.2 Å². The minimum Gasteiger partial charge on any atom is -0.494 e. The van der Waals surface area contributed by atoms with Gasteiger partial charge in [0.1, 0.15) is 5.75 Å². The first kappa shape index (κ1) is 22.9. The van der Waals surface area contributed by atoms with Crippen molar-refractivity contribution in [3.05, 3.63) is 18.2 Å². The Hall–Kier alpha value is -1.79. The second kappa shape index (κ2) is 10.0. The Labute approximate surface area is 181 Å². The lowest BCUT2D eigenvalue weighted by Gasteiger charge is -2.29. The Kier molecular flexibility index (Phi) is 7.64. The van der Waals surface area contributed by atoms with E-state index in [9.17, 15) is 13.2 Å². The molecular weight excluding hydrogens is 428 g/mol. The molecule has 0 spiro atoms. The molecule has 1 aromatic heterocycles. The van der Waals surface area contributed by atoms with E-state index >= 15 is 0 Å². The monoisotopic (exact) mass is 456 g/mol. The molecule has 3 rings (SSSR count). The predicted octanol–water partition coefficient (Wildman–Crippen LogP) is 1.25. The van der Waals surface area contributed by atoms with Crippen LogP contribution in [-0.2, 0) is 19.6 Å². The van der Waals surface area contributed by atoms with Gasteiger partial charge in [-0.15, -0.1) is 0 Å². The summed E-state index contributed by atoms with van der Waals surface area (Å²) in [7, 11) is -2.06. The largest absolute Gasteiger partial charge is 0.494 e. The van der Waals surface area contributed by atoms with Crippen LogP contribution in [0.1, 0.15) is 6.92 Å². The predicted molar refractivity (Wildman–Crippen MR) is 118 cm³/mol. The third-order valence-corrected chi connectivity index (χ3v) is 7.16. The summed E-state index contributed by atoms with van der Waals surface area (Å²) in [5.74, 6) is 0.448. The molecule has 1 amide bonds. The topological polar surface area (TPSA) is 92.3 Å². The number of nitrogens with zero attached hydrogens (tertiary/aromatic N) is 4. The molecule has 0 saturated carbocycles. The Balaban J connectivity index is 1.83. The van der Waals surface area contributed by atoms with Crippen molar-refractivity contribution in [3.63, 3.8) is 0 Å². The smallest absolute Gasteiger partial charge is 0.244 e. The average molecular weight is 457 g/mol. The minimum absolute atomic E-state index is 0.234. The standard InChI is InChI=1S/C19H28N4O5S2/c1-4-28-15-5-6-16-17(13-15)29-19(20-16)23(8-7-22-9-11-27-12-10-22)18(24)14-21(2)30(3,25)26/h5-6,13H,4,7-12,14H2,1-3H3. The highest BCUT2D eigenvalue weighted by atomic mass is 32.2. The molecule has 1 aliphatic rings. The van der Waals surface area contributed by atoms with E-state index in [0.717, 1.165) is 39.6 Å². The molecule has 0 bridgehead atoms. The van der Waals surface area contributed by atoms with E-state index in [1.165, 1.54) is 18.4 Å². The normalized spacial score (nSPS) is 15.6. The number of hydrogen-bond acceptors (Lipinski definition) is 8. The third-order valence-electron chi connectivity index (χ3n) is 4.86. The molecule has 11 heteroatoms. The van der Waals surface area contributed by atoms with E-state index in [-0.39, 0.29) is 12.5 Å². The number of aromatic nitrogens is 1. The minimum atomic E-state index is -3.46. The van der Waals surface area contributed by atoms with Crippen molar-refractivity contribution in [1.82, 2.24) is 14.2 Å². The van der Waals surface area contributed by atoms with Crippen LogP contribution < -0.4 is 9.64 Å². The van der Waals surface area contributed by atoms with Gasteiger partial charge in [0.15, 0.2) is 5.13 Å². The molecule has 0 aliphatic carbocycles. The second-order valence-electron chi connectivity index (χ2n) is 7.08. The molecule has 166 valence electrons. The first-order valence-electron chi connectivity index (χ1n) is 9.83. The Morgan fingerprint density at radius 2 is 2.07 bits per heavy atom. The van der Waals surface area contributed by atoms with Crippen LogP contribution in [0.3, 0.4) is 0 Å². The Bertz CT molecular complexity index is 972. The van der Waals surface area contributed by atoms with Crippen LogP contribution in [0, 0.1) is 0 Å². The van der Waals surface area contributed by atoms with Crippen molar-refractivity contribution in [2.75, 3.05) is 70.7 Å². The summed E-state index contributed by atoms with van der Waals surface area (Å²) in [4.78, 5) is 21.5. The molecule has 9 nitrogen and oxygen atoms in total. The van der Waals surface area contributed by atoms with Gasteiger partial charge in [0, 0.05) is 33.2 Å². The summed E-state index contributed by atoms with van der Waals surface area (Å²) in [6.07, 6.45) is 1.09. The summed E-state index contributed by atoms with van der Waals surface area (Å²) in [6.45, 7) is 6.31. The number of morpholine rings is 1. The van der Waals surface area contributed by atoms with Crippen LogP contribution in [0.5, 0.6) is 5.75 Å². The molecule has 30 heavy (non-hydrogen) atoms. The molecular formula is C19H28N4O5S2. The highest BCUT2D eigenvalue weighted by molar-refractivity contribution is 7.88. The summed E-state index contributed by atoms with van der Waals surface area (Å²) in [5.41, 5.74) is 0.777. The quantitative estimate of drug-likeness (QED) is 0.561. The van der Waals surface area contributed by atoms with Gasteiger partial charge >= 0.3 is 0 Å². The fourth-order valence-electron chi connectivity index (χ4n) is 3.05. The summed E-state index contributed by atoms with van der Waals surface area (Å²) in [6, 6.07) is 5.63. The second-order valence-corrected chi connectivity index (χ2v) is 10.2. The molecule has 2 heterocycles. The zero-order valence-electron chi connectivity index (χ0n) is 17.5. The van der Waals surface area contributed by atoms with Crippen LogP contribution in [0.25, 0.3) is 10.2 Å².